The van der Waals surface area contributed by atoms with Gasteiger partial charge in [-0.3, -0.25) is 4.79 Å². The summed E-state index contributed by atoms with van der Waals surface area (Å²) < 4.78 is 18.3. The molecule has 0 unspecified atom stereocenters. The van der Waals surface area contributed by atoms with Gasteiger partial charge in [0, 0.05) is 13.1 Å². The molecule has 1 heterocycles. The van der Waals surface area contributed by atoms with Crippen LogP contribution in [0.1, 0.15) is 28.6 Å². The smallest absolute Gasteiger partial charge is 0.257 e. The lowest BCUT2D eigenvalue weighted by Crippen LogP contribution is -2.30. The van der Waals surface area contributed by atoms with E-state index in [1.807, 2.05) is 6.92 Å². The number of amides is 1. The van der Waals surface area contributed by atoms with Crippen LogP contribution in [0, 0.1) is 12.7 Å². The van der Waals surface area contributed by atoms with Crippen LogP contribution in [0.4, 0.5) is 4.39 Å². The summed E-state index contributed by atoms with van der Waals surface area (Å²) in [5, 5.41) is 0. The minimum absolute atomic E-state index is 0.0991. The number of furan rings is 1. The fourth-order valence-electron chi connectivity index (χ4n) is 1.96. The molecular formula is C15H16FNO2. The first-order chi connectivity index (χ1) is 9.11. The summed E-state index contributed by atoms with van der Waals surface area (Å²) in [6.45, 7) is 4.59. The molecule has 0 radical (unpaired) electrons. The van der Waals surface area contributed by atoms with Crippen LogP contribution in [-0.4, -0.2) is 17.4 Å². The maximum absolute atomic E-state index is 13.1. The van der Waals surface area contributed by atoms with E-state index in [-0.39, 0.29) is 11.7 Å². The Morgan fingerprint density at radius 3 is 2.74 bits per heavy atom. The first-order valence-electron chi connectivity index (χ1n) is 6.19. The summed E-state index contributed by atoms with van der Waals surface area (Å²) in [5.74, 6) is 0.209. The standard InChI is InChI=1S/C15H16FNO2/c1-3-17(10-12-5-4-6-13(16)9-12)15(18)14-7-8-19-11(14)2/h4-9H,3,10H2,1-2H3. The molecule has 3 nitrogen and oxygen atoms in total. The van der Waals surface area contributed by atoms with Crippen molar-refractivity contribution in [3.05, 3.63) is 59.3 Å². The molecule has 0 saturated carbocycles. The van der Waals surface area contributed by atoms with Crippen molar-refractivity contribution in [3.8, 4) is 0 Å². The number of aryl methyl sites for hydroxylation is 1. The highest BCUT2D eigenvalue weighted by molar-refractivity contribution is 5.95. The van der Waals surface area contributed by atoms with Gasteiger partial charge in [-0.05, 0) is 37.6 Å². The molecule has 0 aliphatic heterocycles. The molecule has 19 heavy (non-hydrogen) atoms. The third-order valence-corrected chi connectivity index (χ3v) is 3.02. The molecule has 1 aromatic carbocycles. The second-order valence-electron chi connectivity index (χ2n) is 4.34. The summed E-state index contributed by atoms with van der Waals surface area (Å²) in [7, 11) is 0. The number of rotatable bonds is 4. The lowest BCUT2D eigenvalue weighted by Gasteiger charge is -2.20. The molecule has 1 amide bonds. The van der Waals surface area contributed by atoms with Gasteiger partial charge < -0.3 is 9.32 Å². The van der Waals surface area contributed by atoms with Gasteiger partial charge in [-0.15, -0.1) is 0 Å². The van der Waals surface area contributed by atoms with Crippen LogP contribution >= 0.6 is 0 Å². The number of nitrogens with zero attached hydrogens (tertiary/aromatic N) is 1. The Kier molecular flexibility index (Phi) is 4.00. The average Bonchev–Trinajstić information content (AvgIpc) is 2.81. The highest BCUT2D eigenvalue weighted by Gasteiger charge is 2.18. The Morgan fingerprint density at radius 1 is 1.37 bits per heavy atom. The zero-order chi connectivity index (χ0) is 13.8. The van der Waals surface area contributed by atoms with E-state index in [4.69, 9.17) is 4.42 Å². The first kappa shape index (κ1) is 13.3. The van der Waals surface area contributed by atoms with Crippen molar-refractivity contribution in [1.82, 2.24) is 4.90 Å². The minimum Gasteiger partial charge on any atom is -0.469 e. The number of carbonyl (C=O) groups is 1. The molecule has 2 rings (SSSR count). The zero-order valence-corrected chi connectivity index (χ0v) is 11.0. The Hall–Kier alpha value is -2.10. The molecule has 0 fully saturated rings. The molecule has 0 aliphatic carbocycles. The number of carbonyl (C=O) groups excluding carboxylic acids is 1. The molecule has 0 N–H and O–H groups in total. The van der Waals surface area contributed by atoms with E-state index in [1.54, 1.807) is 30.0 Å². The maximum atomic E-state index is 13.1. The van der Waals surface area contributed by atoms with E-state index in [9.17, 15) is 9.18 Å². The van der Waals surface area contributed by atoms with Gasteiger partial charge in [-0.2, -0.15) is 0 Å². The summed E-state index contributed by atoms with van der Waals surface area (Å²) in [6, 6.07) is 7.94. The minimum atomic E-state index is -0.291. The van der Waals surface area contributed by atoms with Crippen LogP contribution in [-0.2, 0) is 6.54 Å². The molecule has 0 aliphatic rings. The van der Waals surface area contributed by atoms with Crippen LogP contribution in [0.5, 0.6) is 0 Å². The molecule has 2 aromatic rings. The van der Waals surface area contributed by atoms with Crippen molar-refractivity contribution >= 4 is 5.91 Å². The van der Waals surface area contributed by atoms with Crippen molar-refractivity contribution in [2.24, 2.45) is 0 Å². The molecule has 100 valence electrons. The first-order valence-corrected chi connectivity index (χ1v) is 6.19. The molecule has 0 atom stereocenters. The number of hydrogen-bond donors (Lipinski definition) is 0. The van der Waals surface area contributed by atoms with Crippen LogP contribution in [0.3, 0.4) is 0 Å². The number of hydrogen-bond acceptors (Lipinski definition) is 2. The van der Waals surface area contributed by atoms with Gasteiger partial charge in [0.1, 0.15) is 11.6 Å². The SMILES string of the molecule is CCN(Cc1cccc(F)c1)C(=O)c1ccoc1C. The molecule has 4 heteroatoms. The van der Waals surface area contributed by atoms with Crippen molar-refractivity contribution in [2.45, 2.75) is 20.4 Å². The molecule has 0 spiro atoms. The maximum Gasteiger partial charge on any atom is 0.257 e. The summed E-state index contributed by atoms with van der Waals surface area (Å²) >= 11 is 0. The monoisotopic (exact) mass is 261 g/mol. The van der Waals surface area contributed by atoms with Crippen LogP contribution in [0.2, 0.25) is 0 Å². The van der Waals surface area contributed by atoms with E-state index in [1.165, 1.54) is 18.4 Å². The summed E-state index contributed by atoms with van der Waals surface area (Å²) in [6.07, 6.45) is 1.50. The van der Waals surface area contributed by atoms with E-state index < -0.39 is 0 Å². The van der Waals surface area contributed by atoms with Crippen LogP contribution in [0.15, 0.2) is 41.0 Å². The summed E-state index contributed by atoms with van der Waals surface area (Å²) in [4.78, 5) is 14.0. The Bertz CT molecular complexity index is 577. The Balaban J connectivity index is 2.17. The van der Waals surface area contributed by atoms with E-state index in [0.29, 0.717) is 24.4 Å². The topological polar surface area (TPSA) is 33.5 Å². The lowest BCUT2D eigenvalue weighted by molar-refractivity contribution is 0.0750. The Morgan fingerprint density at radius 2 is 2.16 bits per heavy atom. The normalized spacial score (nSPS) is 10.5. The van der Waals surface area contributed by atoms with Gasteiger partial charge in [0.15, 0.2) is 0 Å². The predicted molar refractivity (Wildman–Crippen MR) is 70.3 cm³/mol. The third-order valence-electron chi connectivity index (χ3n) is 3.02. The molecule has 1 aromatic heterocycles. The highest BCUT2D eigenvalue weighted by atomic mass is 19.1. The van der Waals surface area contributed by atoms with E-state index in [0.717, 1.165) is 5.56 Å². The molecular weight excluding hydrogens is 245 g/mol. The second-order valence-corrected chi connectivity index (χ2v) is 4.34. The molecule has 0 saturated heterocycles. The fraction of sp³-hybridized carbons (Fsp3) is 0.267. The number of benzene rings is 1. The highest BCUT2D eigenvalue weighted by Crippen LogP contribution is 2.15. The van der Waals surface area contributed by atoms with Gasteiger partial charge in [0.25, 0.3) is 5.91 Å². The zero-order valence-electron chi connectivity index (χ0n) is 11.0. The van der Waals surface area contributed by atoms with Crippen molar-refractivity contribution in [3.63, 3.8) is 0 Å². The van der Waals surface area contributed by atoms with Gasteiger partial charge >= 0.3 is 0 Å². The van der Waals surface area contributed by atoms with Crippen LogP contribution in [0.25, 0.3) is 0 Å². The van der Waals surface area contributed by atoms with Crippen LogP contribution < -0.4 is 0 Å². The van der Waals surface area contributed by atoms with Crippen molar-refractivity contribution < 1.29 is 13.6 Å². The number of halogens is 1. The van der Waals surface area contributed by atoms with Gasteiger partial charge in [-0.25, -0.2) is 4.39 Å². The largest absolute Gasteiger partial charge is 0.469 e. The molecule has 0 bridgehead atoms. The van der Waals surface area contributed by atoms with Gasteiger partial charge in [0.2, 0.25) is 0 Å². The lowest BCUT2D eigenvalue weighted by atomic mass is 10.1. The predicted octanol–water partition coefficient (Wildman–Crippen LogP) is 3.39. The van der Waals surface area contributed by atoms with Gasteiger partial charge in [-0.1, -0.05) is 12.1 Å². The Labute approximate surface area is 111 Å². The quantitative estimate of drug-likeness (QED) is 0.845. The van der Waals surface area contributed by atoms with Crippen molar-refractivity contribution in [2.75, 3.05) is 6.54 Å². The van der Waals surface area contributed by atoms with E-state index >= 15 is 0 Å². The third kappa shape index (κ3) is 3.02. The van der Waals surface area contributed by atoms with Crippen molar-refractivity contribution in [1.29, 1.82) is 0 Å². The average molecular weight is 261 g/mol. The van der Waals surface area contributed by atoms with E-state index in [2.05, 4.69) is 0 Å². The fourth-order valence-corrected chi connectivity index (χ4v) is 1.96. The second kappa shape index (κ2) is 5.69. The summed E-state index contributed by atoms with van der Waals surface area (Å²) in [5.41, 5.74) is 1.33. The van der Waals surface area contributed by atoms with Gasteiger partial charge in [0.05, 0.1) is 11.8 Å².